The predicted molar refractivity (Wildman–Crippen MR) is 124 cm³/mol. The molecule has 4 rings (SSSR count). The molecule has 4 amide bonds. The molecule has 1 fully saturated rings. The highest BCUT2D eigenvalue weighted by atomic mass is 32.1. The van der Waals surface area contributed by atoms with Gasteiger partial charge in [0, 0.05) is 10.9 Å². The molecule has 8 heteroatoms. The summed E-state index contributed by atoms with van der Waals surface area (Å²) < 4.78 is 0. The molecule has 32 heavy (non-hydrogen) atoms. The van der Waals surface area contributed by atoms with Crippen LogP contribution < -0.4 is 10.6 Å². The number of rotatable bonds is 6. The van der Waals surface area contributed by atoms with Crippen molar-refractivity contribution in [3.8, 4) is 11.3 Å². The van der Waals surface area contributed by atoms with Crippen LogP contribution in [0.3, 0.4) is 0 Å². The van der Waals surface area contributed by atoms with Crippen LogP contribution in [0, 0.1) is 6.92 Å². The van der Waals surface area contributed by atoms with Crippen molar-refractivity contribution >= 4 is 34.3 Å². The van der Waals surface area contributed by atoms with E-state index in [1.807, 2.05) is 36.6 Å². The molecule has 2 aromatic carbocycles. The number of hydrogen-bond donors (Lipinski definition) is 2. The fourth-order valence-electron chi connectivity index (χ4n) is 3.60. The molecule has 0 radical (unpaired) electrons. The normalized spacial score (nSPS) is 18.0. The number of thiazole rings is 1. The van der Waals surface area contributed by atoms with Crippen LogP contribution in [0.5, 0.6) is 0 Å². The van der Waals surface area contributed by atoms with Crippen LogP contribution in [0.1, 0.15) is 30.5 Å². The quantitative estimate of drug-likeness (QED) is 0.556. The van der Waals surface area contributed by atoms with E-state index in [0.717, 1.165) is 28.1 Å². The maximum atomic E-state index is 13.0. The minimum Gasteiger partial charge on any atom is -0.319 e. The van der Waals surface area contributed by atoms with E-state index in [1.54, 1.807) is 19.1 Å². The Bertz CT molecular complexity index is 1170. The number of aromatic nitrogens is 1. The molecule has 3 aromatic rings. The molecular formula is C24H24N4O3S. The third kappa shape index (κ3) is 4.13. The molecule has 1 saturated heterocycles. The van der Waals surface area contributed by atoms with Gasteiger partial charge in [0.1, 0.15) is 12.1 Å². The molecule has 2 N–H and O–H groups in total. The van der Waals surface area contributed by atoms with Crippen molar-refractivity contribution < 1.29 is 14.4 Å². The molecule has 2 heterocycles. The summed E-state index contributed by atoms with van der Waals surface area (Å²) in [5.41, 5.74) is 3.47. The monoisotopic (exact) mass is 448 g/mol. The van der Waals surface area contributed by atoms with Gasteiger partial charge in [-0.15, -0.1) is 11.3 Å². The molecule has 0 aliphatic carbocycles. The highest BCUT2D eigenvalue weighted by Gasteiger charge is 2.49. The molecule has 1 aliphatic rings. The van der Waals surface area contributed by atoms with Gasteiger partial charge in [-0.25, -0.2) is 9.78 Å². The van der Waals surface area contributed by atoms with Crippen molar-refractivity contribution in [2.75, 3.05) is 11.9 Å². The van der Waals surface area contributed by atoms with Gasteiger partial charge in [0.2, 0.25) is 5.91 Å². The van der Waals surface area contributed by atoms with Crippen LogP contribution in [-0.2, 0) is 21.5 Å². The van der Waals surface area contributed by atoms with Gasteiger partial charge in [0.05, 0.1) is 5.69 Å². The van der Waals surface area contributed by atoms with Crippen LogP contribution in [-0.4, -0.2) is 34.3 Å². The summed E-state index contributed by atoms with van der Waals surface area (Å²) in [7, 11) is 0. The smallest absolute Gasteiger partial charge is 0.319 e. The third-order valence-electron chi connectivity index (χ3n) is 5.61. The number of urea groups is 1. The summed E-state index contributed by atoms with van der Waals surface area (Å²) in [5, 5.41) is 7.68. The average Bonchev–Trinajstić information content (AvgIpc) is 3.33. The first-order valence-corrected chi connectivity index (χ1v) is 11.2. The predicted octanol–water partition coefficient (Wildman–Crippen LogP) is 4.09. The fourth-order valence-corrected chi connectivity index (χ4v) is 4.34. The number of anilines is 1. The highest BCUT2D eigenvalue weighted by Crippen LogP contribution is 2.29. The van der Waals surface area contributed by atoms with Gasteiger partial charge in [-0.2, -0.15) is 0 Å². The molecule has 1 atom stereocenters. The molecule has 1 aliphatic heterocycles. The minimum absolute atomic E-state index is 0.383. The van der Waals surface area contributed by atoms with E-state index in [2.05, 4.69) is 34.7 Å². The van der Waals surface area contributed by atoms with Gasteiger partial charge in [0.25, 0.3) is 5.91 Å². The lowest BCUT2D eigenvalue weighted by Gasteiger charge is -2.22. The molecule has 164 valence electrons. The molecular weight excluding hydrogens is 424 g/mol. The Hall–Kier alpha value is -3.52. The number of hydrogen-bond acceptors (Lipinski definition) is 5. The number of imide groups is 1. The maximum Gasteiger partial charge on any atom is 0.325 e. The Kier molecular flexibility index (Phi) is 5.80. The summed E-state index contributed by atoms with van der Waals surface area (Å²) in [5.74, 6) is -0.943. The number of nitrogens with one attached hydrogen (secondary N) is 2. The fraction of sp³-hybridized carbons (Fsp3) is 0.250. The number of amides is 4. The van der Waals surface area contributed by atoms with Crippen molar-refractivity contribution in [2.45, 2.75) is 32.7 Å². The summed E-state index contributed by atoms with van der Waals surface area (Å²) in [6.07, 6.45) is 0.963. The average molecular weight is 449 g/mol. The lowest BCUT2D eigenvalue weighted by atomic mass is 9.91. The molecule has 1 aromatic heterocycles. The largest absolute Gasteiger partial charge is 0.325 e. The van der Waals surface area contributed by atoms with Gasteiger partial charge < -0.3 is 10.6 Å². The number of aryl methyl sites for hydroxylation is 2. The van der Waals surface area contributed by atoms with Crippen molar-refractivity contribution in [3.63, 3.8) is 0 Å². The first kappa shape index (κ1) is 21.7. The highest BCUT2D eigenvalue weighted by molar-refractivity contribution is 7.14. The first-order chi connectivity index (χ1) is 15.3. The van der Waals surface area contributed by atoms with E-state index < -0.39 is 23.4 Å². The van der Waals surface area contributed by atoms with Crippen molar-refractivity contribution in [3.05, 3.63) is 70.6 Å². The molecule has 1 unspecified atom stereocenters. The van der Waals surface area contributed by atoms with Crippen molar-refractivity contribution in [1.82, 2.24) is 15.2 Å². The maximum absolute atomic E-state index is 13.0. The Balaban J connectivity index is 1.43. The number of nitrogens with zero attached hydrogens (tertiary/aromatic N) is 2. The Morgan fingerprint density at radius 3 is 2.47 bits per heavy atom. The molecule has 0 saturated carbocycles. The van der Waals surface area contributed by atoms with E-state index in [4.69, 9.17) is 0 Å². The second-order valence-electron chi connectivity index (χ2n) is 7.95. The second-order valence-corrected chi connectivity index (χ2v) is 8.81. The van der Waals surface area contributed by atoms with Gasteiger partial charge >= 0.3 is 6.03 Å². The zero-order valence-corrected chi connectivity index (χ0v) is 19.0. The van der Waals surface area contributed by atoms with Crippen LogP contribution in [0.25, 0.3) is 11.3 Å². The van der Waals surface area contributed by atoms with Crippen molar-refractivity contribution in [1.29, 1.82) is 0 Å². The SMILES string of the molecule is CCc1ccc(-c2csc(NC(=O)CN3C(=O)NC(C)(c4ccc(C)cc4)C3=O)n2)cc1. The van der Waals surface area contributed by atoms with E-state index in [-0.39, 0.29) is 6.54 Å². The van der Waals surface area contributed by atoms with Gasteiger partial charge in [-0.1, -0.05) is 61.0 Å². The summed E-state index contributed by atoms with van der Waals surface area (Å²) in [6.45, 7) is 5.31. The van der Waals surface area contributed by atoms with E-state index in [0.29, 0.717) is 10.7 Å². The molecule has 0 bridgehead atoms. The van der Waals surface area contributed by atoms with Gasteiger partial charge in [-0.05, 0) is 31.4 Å². The lowest BCUT2D eigenvalue weighted by molar-refractivity contribution is -0.133. The van der Waals surface area contributed by atoms with Crippen LogP contribution in [0.15, 0.2) is 53.9 Å². The van der Waals surface area contributed by atoms with E-state index in [9.17, 15) is 14.4 Å². The molecule has 0 spiro atoms. The minimum atomic E-state index is -1.20. The Labute approximate surface area is 190 Å². The topological polar surface area (TPSA) is 91.4 Å². The zero-order chi connectivity index (χ0) is 22.9. The Morgan fingerprint density at radius 2 is 1.81 bits per heavy atom. The number of carbonyl (C=O) groups excluding carboxylic acids is 3. The van der Waals surface area contributed by atoms with Gasteiger partial charge in [0.15, 0.2) is 5.13 Å². The van der Waals surface area contributed by atoms with Crippen LogP contribution in [0.2, 0.25) is 0 Å². The summed E-state index contributed by atoms with van der Waals surface area (Å²) in [6, 6.07) is 14.9. The van der Waals surface area contributed by atoms with E-state index >= 15 is 0 Å². The lowest BCUT2D eigenvalue weighted by Crippen LogP contribution is -2.42. The Morgan fingerprint density at radius 1 is 1.12 bits per heavy atom. The third-order valence-corrected chi connectivity index (χ3v) is 6.37. The summed E-state index contributed by atoms with van der Waals surface area (Å²) >= 11 is 1.29. The zero-order valence-electron chi connectivity index (χ0n) is 18.1. The first-order valence-electron chi connectivity index (χ1n) is 10.4. The second kappa shape index (κ2) is 8.55. The van der Waals surface area contributed by atoms with Gasteiger partial charge in [-0.3, -0.25) is 14.5 Å². The number of benzene rings is 2. The van der Waals surface area contributed by atoms with E-state index in [1.165, 1.54) is 16.9 Å². The number of carbonyl (C=O) groups is 3. The molecule has 7 nitrogen and oxygen atoms in total. The standard InChI is InChI=1S/C24H24N4O3S/c1-4-16-7-9-17(10-8-16)19-14-32-22(25-19)26-20(29)13-28-21(30)24(3,27-23(28)31)18-11-5-15(2)6-12-18/h5-12,14H,4,13H2,1-3H3,(H,27,31)(H,25,26,29). The summed E-state index contributed by atoms with van der Waals surface area (Å²) in [4.78, 5) is 43.4. The van der Waals surface area contributed by atoms with Crippen LogP contribution in [0.4, 0.5) is 9.93 Å². The van der Waals surface area contributed by atoms with Crippen LogP contribution >= 0.6 is 11.3 Å². The van der Waals surface area contributed by atoms with Crippen molar-refractivity contribution in [2.24, 2.45) is 0 Å².